The van der Waals surface area contributed by atoms with Gasteiger partial charge in [0.2, 0.25) is 5.43 Å². The minimum Gasteiger partial charge on any atom is -0.507 e. The highest BCUT2D eigenvalue weighted by atomic mass is 17.1. The van der Waals surface area contributed by atoms with Crippen LogP contribution in [0.5, 0.6) is 17.2 Å². The average Bonchev–Trinajstić information content (AvgIpc) is 3.12. The zero-order valence-corrected chi connectivity index (χ0v) is 17.1. The molecule has 156 valence electrons. The summed E-state index contributed by atoms with van der Waals surface area (Å²) in [6, 6.07) is 4.87. The van der Waals surface area contributed by atoms with E-state index in [0.29, 0.717) is 40.0 Å². The molecule has 0 bridgehead atoms. The number of phenols is 1. The highest BCUT2D eigenvalue weighted by Gasteiger charge is 2.39. The second kappa shape index (κ2) is 6.00. The van der Waals surface area contributed by atoms with Crippen LogP contribution in [0.15, 0.2) is 33.5 Å². The predicted molar refractivity (Wildman–Crippen MR) is 111 cm³/mol. The quantitative estimate of drug-likeness (QED) is 0.367. The van der Waals surface area contributed by atoms with Crippen molar-refractivity contribution in [3.05, 3.63) is 45.6 Å². The number of rotatable bonds is 2. The van der Waals surface area contributed by atoms with Crippen molar-refractivity contribution in [2.75, 3.05) is 0 Å². The Labute approximate surface area is 172 Å². The molecule has 7 heteroatoms. The molecule has 0 amide bonds. The number of hydrogen-bond donors (Lipinski definition) is 2. The summed E-state index contributed by atoms with van der Waals surface area (Å²) in [7, 11) is 0. The van der Waals surface area contributed by atoms with E-state index in [0.717, 1.165) is 0 Å². The second-order valence-corrected chi connectivity index (χ2v) is 8.90. The number of benzene rings is 2. The number of ether oxygens (including phenoxy) is 2. The third-order valence-electron chi connectivity index (χ3n) is 5.85. The average molecular weight is 410 g/mol. The lowest BCUT2D eigenvalue weighted by Crippen LogP contribution is -2.41. The molecule has 0 saturated heterocycles. The van der Waals surface area contributed by atoms with Gasteiger partial charge in [-0.2, -0.15) is 0 Å². The van der Waals surface area contributed by atoms with E-state index in [1.807, 2.05) is 26.0 Å². The molecular weight excluding hydrogens is 388 g/mol. The second-order valence-electron chi connectivity index (χ2n) is 8.90. The molecule has 7 nitrogen and oxygen atoms in total. The van der Waals surface area contributed by atoms with Crippen LogP contribution in [-0.4, -0.2) is 27.7 Å². The van der Waals surface area contributed by atoms with E-state index < -0.39 is 17.3 Å². The Hall–Kier alpha value is -3.03. The molecule has 2 aliphatic heterocycles. The zero-order chi connectivity index (χ0) is 21.4. The van der Waals surface area contributed by atoms with Crippen LogP contribution >= 0.6 is 0 Å². The first-order chi connectivity index (χ1) is 14.1. The lowest BCUT2D eigenvalue weighted by molar-refractivity contribution is -0.329. The smallest absolute Gasteiger partial charge is 0.204 e. The van der Waals surface area contributed by atoms with Gasteiger partial charge in [0, 0.05) is 18.1 Å². The third kappa shape index (κ3) is 2.62. The molecule has 0 radical (unpaired) electrons. The molecular formula is C23H22O7. The first kappa shape index (κ1) is 19.0. The summed E-state index contributed by atoms with van der Waals surface area (Å²) < 4.78 is 18.0. The Balaban J connectivity index is 1.78. The van der Waals surface area contributed by atoms with Gasteiger partial charge in [-0.15, -0.1) is 0 Å². The fraction of sp³-hybridized carbons (Fsp3) is 0.348. The van der Waals surface area contributed by atoms with Crippen LogP contribution in [0, 0.1) is 0 Å². The van der Waals surface area contributed by atoms with Crippen LogP contribution in [0.25, 0.3) is 28.0 Å². The first-order valence-electron chi connectivity index (χ1n) is 9.77. The highest BCUT2D eigenvalue weighted by Crippen LogP contribution is 2.43. The Morgan fingerprint density at radius 2 is 1.97 bits per heavy atom. The molecule has 3 aromatic rings. The topological polar surface area (TPSA) is 98.4 Å². The van der Waals surface area contributed by atoms with Crippen LogP contribution in [0.2, 0.25) is 0 Å². The molecule has 5 rings (SSSR count). The van der Waals surface area contributed by atoms with Crippen molar-refractivity contribution in [2.24, 2.45) is 0 Å². The van der Waals surface area contributed by atoms with Crippen molar-refractivity contribution in [1.29, 1.82) is 0 Å². The SMILES string of the molecule is CC1(C)C=Cc2c(cc(O)c3c(=O)c4c5c(ccc4oc23)O[C@H](C(C)(C)OO)C5)O1. The maximum absolute atomic E-state index is 13.5. The van der Waals surface area contributed by atoms with Crippen LogP contribution in [-0.2, 0) is 11.3 Å². The van der Waals surface area contributed by atoms with Gasteiger partial charge < -0.3 is 19.0 Å². The van der Waals surface area contributed by atoms with E-state index in [1.54, 1.807) is 26.0 Å². The minimum atomic E-state index is -0.960. The third-order valence-corrected chi connectivity index (χ3v) is 5.85. The van der Waals surface area contributed by atoms with Gasteiger partial charge in [-0.05, 0) is 52.0 Å². The molecule has 1 aromatic heterocycles. The summed E-state index contributed by atoms with van der Waals surface area (Å²) in [4.78, 5) is 18.1. The predicted octanol–water partition coefficient (Wildman–Crippen LogP) is 4.41. The summed E-state index contributed by atoms with van der Waals surface area (Å²) in [5.74, 6) is 0.797. The molecule has 0 unspecified atom stereocenters. The maximum atomic E-state index is 13.5. The van der Waals surface area contributed by atoms with E-state index in [9.17, 15) is 15.2 Å². The van der Waals surface area contributed by atoms with E-state index in [1.165, 1.54) is 6.07 Å². The van der Waals surface area contributed by atoms with Crippen molar-refractivity contribution < 1.29 is 29.1 Å². The summed E-state index contributed by atoms with van der Waals surface area (Å²) in [5, 5.41) is 20.3. The molecule has 0 saturated carbocycles. The van der Waals surface area contributed by atoms with Crippen molar-refractivity contribution in [3.8, 4) is 17.2 Å². The van der Waals surface area contributed by atoms with Crippen molar-refractivity contribution in [2.45, 2.75) is 51.4 Å². The van der Waals surface area contributed by atoms with E-state index in [4.69, 9.17) is 13.9 Å². The molecule has 1 atom stereocenters. The maximum Gasteiger partial charge on any atom is 0.204 e. The molecule has 3 heterocycles. The molecule has 0 spiro atoms. The minimum absolute atomic E-state index is 0.101. The van der Waals surface area contributed by atoms with Gasteiger partial charge in [-0.1, -0.05) is 0 Å². The van der Waals surface area contributed by atoms with Crippen molar-refractivity contribution >= 4 is 28.0 Å². The van der Waals surface area contributed by atoms with Crippen molar-refractivity contribution in [3.63, 3.8) is 0 Å². The number of hydrogen-bond acceptors (Lipinski definition) is 7. The fourth-order valence-corrected chi connectivity index (χ4v) is 4.12. The van der Waals surface area contributed by atoms with E-state index in [2.05, 4.69) is 4.89 Å². The molecule has 30 heavy (non-hydrogen) atoms. The van der Waals surface area contributed by atoms with E-state index in [-0.39, 0.29) is 22.1 Å². The summed E-state index contributed by atoms with van der Waals surface area (Å²) in [5.41, 5.74) is 0.132. The number of fused-ring (bicyclic) bond motifs is 6. The first-order valence-corrected chi connectivity index (χ1v) is 9.77. The molecule has 2 aliphatic rings. The number of phenolic OH excluding ortho intramolecular Hbond substituents is 1. The van der Waals surface area contributed by atoms with Crippen LogP contribution in [0.4, 0.5) is 0 Å². The zero-order valence-electron chi connectivity index (χ0n) is 17.1. The Kier molecular flexibility index (Phi) is 3.79. The standard InChI is InChI=1S/C23H22O7/c1-22(2)8-7-11-16(29-22)10-13(24)19-20(25)18-12-9-17(23(3,4)30-26)27-14(12)5-6-15(18)28-21(11)19/h5-8,10,17,24,26H,9H2,1-4H3/t17-/m0/s1. The largest absolute Gasteiger partial charge is 0.507 e. The number of aromatic hydroxyl groups is 1. The Morgan fingerprint density at radius 1 is 1.20 bits per heavy atom. The van der Waals surface area contributed by atoms with Crippen molar-refractivity contribution in [1.82, 2.24) is 0 Å². The van der Waals surface area contributed by atoms with E-state index >= 15 is 0 Å². The summed E-state index contributed by atoms with van der Waals surface area (Å²) >= 11 is 0. The highest BCUT2D eigenvalue weighted by molar-refractivity contribution is 6.00. The molecule has 2 aromatic carbocycles. The van der Waals surface area contributed by atoms with Gasteiger partial charge in [-0.3, -0.25) is 10.1 Å². The van der Waals surface area contributed by atoms with Gasteiger partial charge in [0.25, 0.3) is 0 Å². The molecule has 0 fully saturated rings. The Bertz CT molecular complexity index is 1300. The monoisotopic (exact) mass is 410 g/mol. The van der Waals surface area contributed by atoms with Gasteiger partial charge in [-0.25, -0.2) is 4.89 Å². The van der Waals surface area contributed by atoms with Gasteiger partial charge in [0.1, 0.15) is 45.5 Å². The Morgan fingerprint density at radius 3 is 2.70 bits per heavy atom. The fourth-order valence-electron chi connectivity index (χ4n) is 4.12. The lowest BCUT2D eigenvalue weighted by atomic mass is 9.94. The van der Waals surface area contributed by atoms with Gasteiger partial charge in [0.05, 0.1) is 10.9 Å². The van der Waals surface area contributed by atoms with Crippen LogP contribution in [0.1, 0.15) is 38.8 Å². The van der Waals surface area contributed by atoms with Gasteiger partial charge in [0.15, 0.2) is 5.58 Å². The normalized spacial score (nSPS) is 19.4. The lowest BCUT2D eigenvalue weighted by Gasteiger charge is -2.28. The van der Waals surface area contributed by atoms with Crippen LogP contribution in [0.3, 0.4) is 0 Å². The van der Waals surface area contributed by atoms with Gasteiger partial charge >= 0.3 is 0 Å². The molecule has 0 aliphatic carbocycles. The summed E-state index contributed by atoms with van der Waals surface area (Å²) in [6.45, 7) is 7.22. The molecule has 2 N–H and O–H groups in total. The van der Waals surface area contributed by atoms with Crippen LogP contribution < -0.4 is 14.9 Å². The summed E-state index contributed by atoms with van der Waals surface area (Å²) in [6.07, 6.45) is 3.62.